The SMILES string of the molecule is COc1ccccc1-c1cnn2ccc(NC[C@@H]3CCCN3C(=O)CC(F)(F)F)nc12. The molecule has 1 N–H and O–H groups in total. The summed E-state index contributed by atoms with van der Waals surface area (Å²) < 4.78 is 44.9. The maximum Gasteiger partial charge on any atom is 0.397 e. The van der Waals surface area contributed by atoms with Crippen molar-refractivity contribution in [3.05, 3.63) is 42.7 Å². The van der Waals surface area contributed by atoms with Crippen molar-refractivity contribution in [1.82, 2.24) is 19.5 Å². The number of rotatable bonds is 6. The van der Waals surface area contributed by atoms with Crippen LogP contribution in [0.4, 0.5) is 19.0 Å². The molecule has 1 fully saturated rings. The molecule has 1 aliphatic heterocycles. The highest BCUT2D eigenvalue weighted by Crippen LogP contribution is 2.32. The van der Waals surface area contributed by atoms with Crippen LogP contribution in [0.15, 0.2) is 42.7 Å². The van der Waals surface area contributed by atoms with E-state index in [9.17, 15) is 18.0 Å². The number of aromatic nitrogens is 3. The lowest BCUT2D eigenvalue weighted by Crippen LogP contribution is -2.41. The molecule has 0 radical (unpaired) electrons. The van der Waals surface area contributed by atoms with E-state index >= 15 is 0 Å². The van der Waals surface area contributed by atoms with E-state index in [1.807, 2.05) is 24.3 Å². The first-order chi connectivity index (χ1) is 14.9. The number of carbonyl (C=O) groups is 1. The number of anilines is 1. The van der Waals surface area contributed by atoms with Crippen LogP contribution < -0.4 is 10.1 Å². The molecule has 3 aromatic rings. The maximum atomic E-state index is 12.6. The largest absolute Gasteiger partial charge is 0.496 e. The third-order valence-electron chi connectivity index (χ3n) is 5.33. The lowest BCUT2D eigenvalue weighted by Gasteiger charge is -2.25. The van der Waals surface area contributed by atoms with Gasteiger partial charge in [-0.25, -0.2) is 9.50 Å². The summed E-state index contributed by atoms with van der Waals surface area (Å²) in [7, 11) is 1.60. The average Bonchev–Trinajstić information content (AvgIpc) is 3.37. The summed E-state index contributed by atoms with van der Waals surface area (Å²) >= 11 is 0. The van der Waals surface area contributed by atoms with Gasteiger partial charge in [0, 0.05) is 30.9 Å². The fraction of sp³-hybridized carbons (Fsp3) is 0.381. The highest BCUT2D eigenvalue weighted by Gasteiger charge is 2.37. The first-order valence-electron chi connectivity index (χ1n) is 9.93. The van der Waals surface area contributed by atoms with Gasteiger partial charge in [0.15, 0.2) is 5.65 Å². The first-order valence-corrected chi connectivity index (χ1v) is 9.93. The molecule has 2 aromatic heterocycles. The molecule has 164 valence electrons. The number of hydrogen-bond donors (Lipinski definition) is 1. The van der Waals surface area contributed by atoms with Crippen LogP contribution in [0.2, 0.25) is 0 Å². The summed E-state index contributed by atoms with van der Waals surface area (Å²) in [4.78, 5) is 18.0. The van der Waals surface area contributed by atoms with Crippen molar-refractivity contribution >= 4 is 17.4 Å². The van der Waals surface area contributed by atoms with E-state index in [0.717, 1.165) is 11.1 Å². The highest BCUT2D eigenvalue weighted by molar-refractivity contribution is 5.81. The first kappa shape index (κ1) is 21.0. The Morgan fingerprint density at radius 1 is 1.26 bits per heavy atom. The number of benzene rings is 1. The number of amides is 1. The number of para-hydroxylation sites is 1. The molecule has 0 aliphatic carbocycles. The Hall–Kier alpha value is -3.30. The van der Waals surface area contributed by atoms with Crippen LogP contribution in [0.3, 0.4) is 0 Å². The van der Waals surface area contributed by atoms with E-state index in [-0.39, 0.29) is 6.04 Å². The minimum atomic E-state index is -4.50. The molecule has 4 rings (SSSR count). The number of hydrogen-bond acceptors (Lipinski definition) is 5. The van der Waals surface area contributed by atoms with Crippen molar-refractivity contribution in [3.63, 3.8) is 0 Å². The predicted octanol–water partition coefficient (Wildman–Crippen LogP) is 3.76. The van der Waals surface area contributed by atoms with Gasteiger partial charge in [0.1, 0.15) is 18.0 Å². The zero-order chi connectivity index (χ0) is 22.0. The summed E-state index contributed by atoms with van der Waals surface area (Å²) in [5.74, 6) is 0.371. The van der Waals surface area contributed by atoms with E-state index in [1.54, 1.807) is 30.1 Å². The Morgan fingerprint density at radius 2 is 2.06 bits per heavy atom. The monoisotopic (exact) mass is 433 g/mol. The minimum absolute atomic E-state index is 0.300. The fourth-order valence-electron chi connectivity index (χ4n) is 3.90. The van der Waals surface area contributed by atoms with Crippen molar-refractivity contribution in [2.75, 3.05) is 25.5 Å². The van der Waals surface area contributed by atoms with Crippen LogP contribution in [0, 0.1) is 0 Å². The third kappa shape index (κ3) is 4.57. The number of ether oxygens (including phenoxy) is 1. The molecule has 31 heavy (non-hydrogen) atoms. The van der Waals surface area contributed by atoms with Crippen molar-refractivity contribution < 1.29 is 22.7 Å². The minimum Gasteiger partial charge on any atom is -0.496 e. The maximum absolute atomic E-state index is 12.6. The molecule has 0 saturated carbocycles. The van der Waals surface area contributed by atoms with E-state index in [4.69, 9.17) is 4.74 Å². The Balaban J connectivity index is 1.51. The molecule has 1 atom stereocenters. The van der Waals surface area contributed by atoms with Gasteiger partial charge in [-0.15, -0.1) is 0 Å². The van der Waals surface area contributed by atoms with Crippen LogP contribution in [0.5, 0.6) is 5.75 Å². The zero-order valence-corrected chi connectivity index (χ0v) is 16.9. The number of nitrogens with zero attached hydrogens (tertiary/aromatic N) is 4. The van der Waals surface area contributed by atoms with Crippen LogP contribution >= 0.6 is 0 Å². The quantitative estimate of drug-likeness (QED) is 0.641. The van der Waals surface area contributed by atoms with Gasteiger partial charge < -0.3 is 15.0 Å². The van der Waals surface area contributed by atoms with Crippen LogP contribution in [-0.2, 0) is 4.79 Å². The molecule has 3 heterocycles. The Labute approximate surface area is 176 Å². The van der Waals surface area contributed by atoms with Gasteiger partial charge in [-0.1, -0.05) is 18.2 Å². The number of methoxy groups -OCH3 is 1. The standard InChI is InChI=1S/C21H22F3N5O2/c1-31-17-7-3-2-6-15(17)16-13-26-29-10-8-18(27-20(16)29)25-12-14-5-4-9-28(14)19(30)11-21(22,23)24/h2-3,6-8,10,13-14H,4-5,9,11-12H2,1H3,(H,25,27)/t14-/m0/s1. The molecule has 0 bridgehead atoms. The predicted molar refractivity (Wildman–Crippen MR) is 109 cm³/mol. The smallest absolute Gasteiger partial charge is 0.397 e. The second kappa shape index (κ2) is 8.44. The van der Waals surface area contributed by atoms with Gasteiger partial charge in [-0.3, -0.25) is 4.79 Å². The molecule has 7 nitrogen and oxygen atoms in total. The molecule has 0 unspecified atom stereocenters. The number of fused-ring (bicyclic) bond motifs is 1. The van der Waals surface area contributed by atoms with Gasteiger partial charge in [0.25, 0.3) is 0 Å². The van der Waals surface area contributed by atoms with Gasteiger partial charge in [-0.05, 0) is 25.0 Å². The van der Waals surface area contributed by atoms with E-state index < -0.39 is 18.5 Å². The number of halogens is 3. The van der Waals surface area contributed by atoms with Crippen molar-refractivity contribution in [3.8, 4) is 16.9 Å². The molecule has 1 aromatic carbocycles. The molecule has 10 heteroatoms. The lowest BCUT2D eigenvalue weighted by atomic mass is 10.1. The van der Waals surface area contributed by atoms with Crippen LogP contribution in [0.25, 0.3) is 16.8 Å². The second-order valence-corrected chi connectivity index (χ2v) is 7.40. The summed E-state index contributed by atoms with van der Waals surface area (Å²) in [6, 6.07) is 8.99. The molecular weight excluding hydrogens is 411 g/mol. The van der Waals surface area contributed by atoms with Crippen LogP contribution in [-0.4, -0.2) is 57.8 Å². The number of alkyl halides is 3. The van der Waals surface area contributed by atoms with Crippen molar-refractivity contribution in [1.29, 1.82) is 0 Å². The normalized spacial score (nSPS) is 16.6. The number of nitrogens with one attached hydrogen (secondary N) is 1. The van der Waals surface area contributed by atoms with Gasteiger partial charge in [0.2, 0.25) is 5.91 Å². The van der Waals surface area contributed by atoms with E-state index in [1.165, 1.54) is 4.90 Å². The Morgan fingerprint density at radius 3 is 2.84 bits per heavy atom. The number of likely N-dealkylation sites (tertiary alicyclic amines) is 1. The van der Waals surface area contributed by atoms with Gasteiger partial charge in [-0.2, -0.15) is 18.3 Å². The van der Waals surface area contributed by atoms with Gasteiger partial charge in [0.05, 0.1) is 18.9 Å². The fourth-order valence-corrected chi connectivity index (χ4v) is 3.90. The van der Waals surface area contributed by atoms with E-state index in [2.05, 4.69) is 15.4 Å². The van der Waals surface area contributed by atoms with Crippen LogP contribution in [0.1, 0.15) is 19.3 Å². The highest BCUT2D eigenvalue weighted by atomic mass is 19.4. The Kier molecular flexibility index (Phi) is 5.71. The molecule has 1 aliphatic rings. The second-order valence-electron chi connectivity index (χ2n) is 7.40. The zero-order valence-electron chi connectivity index (χ0n) is 16.9. The lowest BCUT2D eigenvalue weighted by molar-refractivity contribution is -0.161. The molecule has 1 amide bonds. The summed E-state index contributed by atoms with van der Waals surface area (Å²) in [6.45, 7) is 0.666. The molecular formula is C21H22F3N5O2. The van der Waals surface area contributed by atoms with Crippen molar-refractivity contribution in [2.24, 2.45) is 0 Å². The number of carbonyl (C=O) groups excluding carboxylic acids is 1. The summed E-state index contributed by atoms with van der Waals surface area (Å²) in [5.41, 5.74) is 2.26. The Bertz CT molecular complexity index is 1080. The summed E-state index contributed by atoms with van der Waals surface area (Å²) in [6.07, 6.45) is -1.13. The molecule has 0 spiro atoms. The average molecular weight is 433 g/mol. The van der Waals surface area contributed by atoms with E-state index in [0.29, 0.717) is 43.1 Å². The molecule has 1 saturated heterocycles. The summed E-state index contributed by atoms with van der Waals surface area (Å²) in [5, 5.41) is 7.49. The van der Waals surface area contributed by atoms with Gasteiger partial charge >= 0.3 is 6.18 Å². The third-order valence-corrected chi connectivity index (χ3v) is 5.33. The topological polar surface area (TPSA) is 71.8 Å². The van der Waals surface area contributed by atoms with Crippen molar-refractivity contribution in [2.45, 2.75) is 31.5 Å².